The molecule has 0 N–H and O–H groups in total. The first-order chi connectivity index (χ1) is 10.9. The molecule has 120 valence electrons. The molecule has 9 heteroatoms. The monoisotopic (exact) mass is 319 g/mol. The van der Waals surface area contributed by atoms with Gasteiger partial charge in [-0.25, -0.2) is 9.78 Å². The Hall–Kier alpha value is -3.10. The molecule has 0 saturated heterocycles. The third kappa shape index (κ3) is 3.57. The second-order valence-electron chi connectivity index (χ2n) is 4.57. The summed E-state index contributed by atoms with van der Waals surface area (Å²) in [6.45, 7) is 1.08. The van der Waals surface area contributed by atoms with Gasteiger partial charge in [0.15, 0.2) is 0 Å². The summed E-state index contributed by atoms with van der Waals surface area (Å²) in [7, 11) is 1.01. The van der Waals surface area contributed by atoms with Gasteiger partial charge in [0, 0.05) is 11.8 Å². The Morgan fingerprint density at radius 3 is 2.48 bits per heavy atom. The predicted octanol–water partition coefficient (Wildman–Crippen LogP) is 1.05. The van der Waals surface area contributed by atoms with Crippen LogP contribution in [0.5, 0.6) is 0 Å². The van der Waals surface area contributed by atoms with Gasteiger partial charge in [0.2, 0.25) is 6.10 Å². The van der Waals surface area contributed by atoms with Crippen molar-refractivity contribution in [2.75, 3.05) is 7.11 Å². The normalized spacial score (nSPS) is 13.1. The Kier molecular flexibility index (Phi) is 4.79. The number of fused-ring (bicyclic) bond motifs is 1. The summed E-state index contributed by atoms with van der Waals surface area (Å²) in [5, 5.41) is 11.2. The predicted molar refractivity (Wildman–Crippen MR) is 76.8 cm³/mol. The minimum Gasteiger partial charge on any atom is -0.464 e. The fourth-order valence-electron chi connectivity index (χ4n) is 2.01. The molecule has 2 aromatic rings. The minimum absolute atomic E-state index is 0.00833. The van der Waals surface area contributed by atoms with E-state index >= 15 is 0 Å². The quantitative estimate of drug-likeness (QED) is 0.455. The molecule has 1 heterocycles. The van der Waals surface area contributed by atoms with Crippen LogP contribution in [0.4, 0.5) is 0 Å². The highest BCUT2D eigenvalue weighted by molar-refractivity contribution is 5.77. The summed E-state index contributed by atoms with van der Waals surface area (Å²) in [5.74, 6) is -1.93. The maximum Gasteiger partial charge on any atom is 0.385 e. The number of para-hydroxylation sites is 2. The molecule has 9 nitrogen and oxygen atoms in total. The lowest BCUT2D eigenvalue weighted by molar-refractivity contribution is -0.522. The van der Waals surface area contributed by atoms with Gasteiger partial charge in [-0.3, -0.25) is 19.9 Å². The van der Waals surface area contributed by atoms with E-state index < -0.39 is 29.0 Å². The number of nitro groups is 1. The molecule has 0 aliphatic carbocycles. The highest BCUT2D eigenvalue weighted by atomic mass is 16.6. The lowest BCUT2D eigenvalue weighted by atomic mass is 10.1. The fraction of sp³-hybridized carbons (Fsp3) is 0.286. The van der Waals surface area contributed by atoms with E-state index in [0.717, 1.165) is 14.0 Å². The van der Waals surface area contributed by atoms with Gasteiger partial charge in [-0.05, 0) is 12.1 Å². The zero-order chi connectivity index (χ0) is 17.0. The zero-order valence-corrected chi connectivity index (χ0v) is 12.3. The van der Waals surface area contributed by atoms with Gasteiger partial charge in [-0.1, -0.05) is 12.1 Å². The van der Waals surface area contributed by atoms with Crippen molar-refractivity contribution in [3.8, 4) is 0 Å². The SMILES string of the molecule is COC(=O)C(C(OC(C)=O)c1cnc2ccccc2n1)[N+](=O)[O-]. The van der Waals surface area contributed by atoms with Gasteiger partial charge in [0.1, 0.15) is 5.69 Å². The number of benzene rings is 1. The van der Waals surface area contributed by atoms with E-state index in [1.54, 1.807) is 24.3 Å². The van der Waals surface area contributed by atoms with Gasteiger partial charge < -0.3 is 9.47 Å². The van der Waals surface area contributed by atoms with Crippen LogP contribution in [-0.2, 0) is 19.1 Å². The fourth-order valence-corrected chi connectivity index (χ4v) is 2.01. The Morgan fingerprint density at radius 1 is 1.26 bits per heavy atom. The smallest absolute Gasteiger partial charge is 0.385 e. The third-order valence-corrected chi connectivity index (χ3v) is 3.01. The van der Waals surface area contributed by atoms with Crippen LogP contribution in [0.2, 0.25) is 0 Å². The number of hydrogen-bond acceptors (Lipinski definition) is 8. The number of rotatable bonds is 5. The number of hydrogen-bond donors (Lipinski definition) is 0. The maximum atomic E-state index is 11.7. The summed E-state index contributed by atoms with van der Waals surface area (Å²) in [5.41, 5.74) is 1.01. The summed E-state index contributed by atoms with van der Waals surface area (Å²) in [6, 6.07) is 4.90. The molecule has 1 aromatic carbocycles. The second kappa shape index (κ2) is 6.77. The number of esters is 2. The van der Waals surface area contributed by atoms with Crippen molar-refractivity contribution >= 4 is 23.0 Å². The Labute approximate surface area is 130 Å². The van der Waals surface area contributed by atoms with E-state index in [1.165, 1.54) is 6.20 Å². The van der Waals surface area contributed by atoms with Crippen molar-refractivity contribution in [3.63, 3.8) is 0 Å². The maximum absolute atomic E-state index is 11.7. The summed E-state index contributed by atoms with van der Waals surface area (Å²) in [6.07, 6.45) is -0.304. The molecule has 0 saturated carbocycles. The molecule has 1 aromatic heterocycles. The van der Waals surface area contributed by atoms with Crippen LogP contribution in [0.1, 0.15) is 18.7 Å². The Bertz CT molecular complexity index is 763. The van der Waals surface area contributed by atoms with Gasteiger partial charge in [-0.15, -0.1) is 0 Å². The first kappa shape index (κ1) is 16.3. The van der Waals surface area contributed by atoms with Crippen LogP contribution in [0.25, 0.3) is 11.0 Å². The highest BCUT2D eigenvalue weighted by Gasteiger charge is 2.44. The number of nitrogens with zero attached hydrogens (tertiary/aromatic N) is 3. The third-order valence-electron chi connectivity index (χ3n) is 3.01. The molecule has 0 bridgehead atoms. The van der Waals surface area contributed by atoms with Crippen LogP contribution in [-0.4, -0.2) is 40.0 Å². The molecule has 0 radical (unpaired) electrons. The summed E-state index contributed by atoms with van der Waals surface area (Å²) in [4.78, 5) is 41.6. The number of methoxy groups -OCH3 is 1. The van der Waals surface area contributed by atoms with Crippen molar-refractivity contribution in [1.29, 1.82) is 0 Å². The van der Waals surface area contributed by atoms with E-state index in [-0.39, 0.29) is 5.69 Å². The van der Waals surface area contributed by atoms with E-state index in [0.29, 0.717) is 11.0 Å². The second-order valence-corrected chi connectivity index (χ2v) is 4.57. The molecule has 0 aliphatic rings. The standard InChI is InChI=1S/C14H13N3O6/c1-8(18)23-13(12(17(20)21)14(19)22-2)11-7-15-9-5-3-4-6-10(9)16-11/h3-7,12-13H,1-2H3. The largest absolute Gasteiger partial charge is 0.464 e. The van der Waals surface area contributed by atoms with Crippen LogP contribution in [0.3, 0.4) is 0 Å². The first-order valence-corrected chi connectivity index (χ1v) is 6.54. The van der Waals surface area contributed by atoms with Crippen molar-refractivity contribution in [2.45, 2.75) is 19.1 Å². The molecule has 0 amide bonds. The molecule has 2 rings (SSSR count). The van der Waals surface area contributed by atoms with Gasteiger partial charge >= 0.3 is 18.0 Å². The average molecular weight is 319 g/mol. The van der Waals surface area contributed by atoms with Crippen LogP contribution >= 0.6 is 0 Å². The van der Waals surface area contributed by atoms with E-state index in [1.807, 2.05) is 0 Å². The van der Waals surface area contributed by atoms with Crippen molar-refractivity contribution in [3.05, 3.63) is 46.3 Å². The topological polar surface area (TPSA) is 122 Å². The van der Waals surface area contributed by atoms with Crippen molar-refractivity contribution in [2.24, 2.45) is 0 Å². The lowest BCUT2D eigenvalue weighted by Gasteiger charge is -2.18. The minimum atomic E-state index is -1.93. The number of carbonyl (C=O) groups excluding carboxylic acids is 2. The first-order valence-electron chi connectivity index (χ1n) is 6.54. The Morgan fingerprint density at radius 2 is 1.91 bits per heavy atom. The van der Waals surface area contributed by atoms with Crippen LogP contribution < -0.4 is 0 Å². The molecule has 23 heavy (non-hydrogen) atoms. The molecule has 0 fully saturated rings. The van der Waals surface area contributed by atoms with Crippen LogP contribution in [0.15, 0.2) is 30.5 Å². The summed E-state index contributed by atoms with van der Waals surface area (Å²) < 4.78 is 9.37. The Balaban J connectivity index is 2.52. The molecule has 2 unspecified atom stereocenters. The van der Waals surface area contributed by atoms with Crippen molar-refractivity contribution in [1.82, 2.24) is 9.97 Å². The van der Waals surface area contributed by atoms with Gasteiger partial charge in [0.25, 0.3) is 0 Å². The van der Waals surface area contributed by atoms with Gasteiger partial charge in [-0.2, -0.15) is 0 Å². The number of carbonyl (C=O) groups is 2. The molecular weight excluding hydrogens is 306 g/mol. The van der Waals surface area contributed by atoms with Crippen LogP contribution in [0, 0.1) is 10.1 Å². The van der Waals surface area contributed by atoms with E-state index in [2.05, 4.69) is 14.7 Å². The average Bonchev–Trinajstić information content (AvgIpc) is 2.52. The number of ether oxygens (including phenoxy) is 2. The summed E-state index contributed by atoms with van der Waals surface area (Å²) >= 11 is 0. The number of aromatic nitrogens is 2. The van der Waals surface area contributed by atoms with Gasteiger partial charge in [0.05, 0.1) is 24.3 Å². The molecule has 0 aliphatic heterocycles. The molecular formula is C14H13N3O6. The molecule has 2 atom stereocenters. The highest BCUT2D eigenvalue weighted by Crippen LogP contribution is 2.24. The zero-order valence-electron chi connectivity index (χ0n) is 12.3. The molecule has 0 spiro atoms. The lowest BCUT2D eigenvalue weighted by Crippen LogP contribution is -2.39. The van der Waals surface area contributed by atoms with Crippen molar-refractivity contribution < 1.29 is 24.0 Å². The van der Waals surface area contributed by atoms with E-state index in [9.17, 15) is 19.7 Å². The van der Waals surface area contributed by atoms with E-state index in [4.69, 9.17) is 4.74 Å².